The number of amides is 2. The SMILES string of the molecule is CC1(C)SC2c3ccccc3C(=O)N2[C@@H]1C(=O)Nc1nc2ccccc2s1. The van der Waals surface area contributed by atoms with Gasteiger partial charge in [0.2, 0.25) is 5.91 Å². The molecule has 5 rings (SSSR count). The Morgan fingerprint density at radius 2 is 1.89 bits per heavy atom. The van der Waals surface area contributed by atoms with Gasteiger partial charge in [0, 0.05) is 10.3 Å². The van der Waals surface area contributed by atoms with E-state index in [0.29, 0.717) is 10.7 Å². The van der Waals surface area contributed by atoms with E-state index >= 15 is 0 Å². The maximum Gasteiger partial charge on any atom is 0.256 e. The number of para-hydroxylation sites is 1. The van der Waals surface area contributed by atoms with Gasteiger partial charge in [-0.1, -0.05) is 41.7 Å². The lowest BCUT2D eigenvalue weighted by atomic mass is 10.0. The topological polar surface area (TPSA) is 62.3 Å². The zero-order chi connectivity index (χ0) is 18.8. The molecule has 3 aromatic rings. The third-order valence-corrected chi connectivity index (χ3v) is 7.56. The van der Waals surface area contributed by atoms with Gasteiger partial charge in [0.1, 0.15) is 11.4 Å². The summed E-state index contributed by atoms with van der Waals surface area (Å²) in [6.45, 7) is 4.04. The van der Waals surface area contributed by atoms with Gasteiger partial charge < -0.3 is 10.2 Å². The highest BCUT2D eigenvalue weighted by atomic mass is 32.2. The first-order valence-electron chi connectivity index (χ1n) is 8.71. The van der Waals surface area contributed by atoms with Gasteiger partial charge in [0.15, 0.2) is 5.13 Å². The molecular formula is C20H17N3O2S2. The second kappa shape index (κ2) is 5.81. The van der Waals surface area contributed by atoms with Gasteiger partial charge in [-0.15, -0.1) is 11.8 Å². The molecule has 2 atom stereocenters. The number of anilines is 1. The average molecular weight is 396 g/mol. The summed E-state index contributed by atoms with van der Waals surface area (Å²) in [6.07, 6.45) is 0. The first-order chi connectivity index (χ1) is 13.0. The first-order valence-corrected chi connectivity index (χ1v) is 10.4. The van der Waals surface area contributed by atoms with Crippen molar-refractivity contribution in [3.05, 3.63) is 59.7 Å². The molecule has 2 amide bonds. The van der Waals surface area contributed by atoms with Gasteiger partial charge in [-0.2, -0.15) is 0 Å². The number of hydrogen-bond acceptors (Lipinski definition) is 5. The summed E-state index contributed by atoms with van der Waals surface area (Å²) in [5, 5.41) is 3.40. The van der Waals surface area contributed by atoms with Crippen LogP contribution in [-0.2, 0) is 4.79 Å². The second-order valence-electron chi connectivity index (χ2n) is 7.25. The Morgan fingerprint density at radius 1 is 1.15 bits per heavy atom. The van der Waals surface area contributed by atoms with Crippen molar-refractivity contribution in [1.82, 2.24) is 9.88 Å². The predicted octanol–water partition coefficient (Wildman–Crippen LogP) is 4.28. The van der Waals surface area contributed by atoms with Gasteiger partial charge in [0.05, 0.1) is 10.2 Å². The molecule has 0 aliphatic carbocycles. The fourth-order valence-corrected chi connectivity index (χ4v) is 6.36. The molecule has 0 radical (unpaired) electrons. The molecule has 0 saturated carbocycles. The van der Waals surface area contributed by atoms with Crippen molar-refractivity contribution >= 4 is 50.3 Å². The summed E-state index contributed by atoms with van der Waals surface area (Å²) >= 11 is 3.11. The normalized spacial score (nSPS) is 22.7. The fourth-order valence-electron chi connectivity index (χ4n) is 3.90. The minimum absolute atomic E-state index is 0.0712. The van der Waals surface area contributed by atoms with E-state index in [-0.39, 0.29) is 17.2 Å². The van der Waals surface area contributed by atoms with Gasteiger partial charge in [-0.05, 0) is 37.6 Å². The van der Waals surface area contributed by atoms with Crippen LogP contribution in [0.15, 0.2) is 48.5 Å². The molecule has 1 saturated heterocycles. The highest BCUT2D eigenvalue weighted by Crippen LogP contribution is 2.56. The zero-order valence-corrected chi connectivity index (χ0v) is 16.4. The van der Waals surface area contributed by atoms with Crippen molar-refractivity contribution < 1.29 is 9.59 Å². The third-order valence-electron chi connectivity index (χ3n) is 5.07. The van der Waals surface area contributed by atoms with E-state index < -0.39 is 10.8 Å². The fraction of sp³-hybridized carbons (Fsp3) is 0.250. The third kappa shape index (κ3) is 2.49. The minimum Gasteiger partial charge on any atom is -0.309 e. The number of hydrogen-bond donors (Lipinski definition) is 1. The summed E-state index contributed by atoms with van der Waals surface area (Å²) in [5.74, 6) is -0.256. The Morgan fingerprint density at radius 3 is 2.70 bits per heavy atom. The van der Waals surface area contributed by atoms with E-state index in [1.54, 1.807) is 16.7 Å². The van der Waals surface area contributed by atoms with Crippen LogP contribution in [0.2, 0.25) is 0 Å². The molecule has 2 aliphatic heterocycles. The molecule has 5 nitrogen and oxygen atoms in total. The number of carbonyl (C=O) groups excluding carboxylic acids is 2. The minimum atomic E-state index is -0.556. The van der Waals surface area contributed by atoms with Crippen LogP contribution >= 0.6 is 23.1 Å². The summed E-state index contributed by atoms with van der Waals surface area (Å²) in [4.78, 5) is 32.4. The number of aromatic nitrogens is 1. The number of fused-ring (bicyclic) bond motifs is 4. The van der Waals surface area contributed by atoms with Crippen LogP contribution in [0, 0.1) is 0 Å². The number of rotatable bonds is 2. The van der Waals surface area contributed by atoms with Gasteiger partial charge in [-0.3, -0.25) is 9.59 Å². The maximum absolute atomic E-state index is 13.2. The highest BCUT2D eigenvalue weighted by molar-refractivity contribution is 8.01. The summed E-state index contributed by atoms with van der Waals surface area (Å²) < 4.78 is 0.629. The van der Waals surface area contributed by atoms with Crippen LogP contribution in [0.1, 0.15) is 35.1 Å². The molecule has 27 heavy (non-hydrogen) atoms. The molecule has 136 valence electrons. The summed E-state index contributed by atoms with van der Waals surface area (Å²) in [6, 6.07) is 14.9. The van der Waals surface area contributed by atoms with E-state index in [2.05, 4.69) is 10.3 Å². The molecule has 1 unspecified atom stereocenters. The molecule has 1 N–H and O–H groups in total. The molecule has 7 heteroatoms. The highest BCUT2D eigenvalue weighted by Gasteiger charge is 2.57. The first kappa shape index (κ1) is 16.8. The summed E-state index contributed by atoms with van der Waals surface area (Å²) in [5.41, 5.74) is 2.56. The smallest absolute Gasteiger partial charge is 0.256 e. The number of nitrogens with zero attached hydrogens (tertiary/aromatic N) is 2. The molecule has 0 spiro atoms. The average Bonchev–Trinajstić information content (AvgIpc) is 3.25. The predicted molar refractivity (Wildman–Crippen MR) is 109 cm³/mol. The molecule has 2 aromatic carbocycles. The van der Waals surface area contributed by atoms with Crippen LogP contribution in [0.4, 0.5) is 5.13 Å². The Kier molecular flexibility index (Phi) is 3.61. The monoisotopic (exact) mass is 395 g/mol. The quantitative estimate of drug-likeness (QED) is 0.703. The maximum atomic E-state index is 13.2. The van der Waals surface area contributed by atoms with E-state index in [1.807, 2.05) is 62.4 Å². The molecule has 1 fully saturated rings. The van der Waals surface area contributed by atoms with Gasteiger partial charge in [0.25, 0.3) is 5.91 Å². The molecule has 2 aliphatic rings. The van der Waals surface area contributed by atoms with Crippen molar-refractivity contribution in [2.24, 2.45) is 0 Å². The lowest BCUT2D eigenvalue weighted by Gasteiger charge is -2.29. The van der Waals surface area contributed by atoms with E-state index in [1.165, 1.54) is 11.3 Å². The summed E-state index contributed by atoms with van der Waals surface area (Å²) in [7, 11) is 0. The van der Waals surface area contributed by atoms with Crippen LogP contribution in [-0.4, -0.2) is 32.5 Å². The van der Waals surface area contributed by atoms with Gasteiger partial charge >= 0.3 is 0 Å². The standard InChI is InChI=1S/C20H17N3O2S2/c1-20(2)15(16(24)22-19-21-13-9-5-6-10-14(13)26-19)23-17(25)11-7-3-4-8-12(11)18(23)27-20/h3-10,15,18H,1-2H3,(H,21,22,24)/t15-,18?/m1/s1. The number of carbonyl (C=O) groups is 2. The second-order valence-corrected chi connectivity index (χ2v) is 10.0. The lowest BCUT2D eigenvalue weighted by Crippen LogP contribution is -2.50. The molecule has 3 heterocycles. The van der Waals surface area contributed by atoms with Crippen LogP contribution in [0.25, 0.3) is 10.2 Å². The largest absolute Gasteiger partial charge is 0.309 e. The van der Waals surface area contributed by atoms with Crippen LogP contribution in [0.3, 0.4) is 0 Å². The molecule has 0 bridgehead atoms. The number of thioether (sulfide) groups is 1. The van der Waals surface area contributed by atoms with Crippen molar-refractivity contribution in [1.29, 1.82) is 0 Å². The van der Waals surface area contributed by atoms with Gasteiger partial charge in [-0.25, -0.2) is 4.98 Å². The Labute approximate surface area is 164 Å². The number of benzene rings is 2. The molecule has 1 aromatic heterocycles. The van der Waals surface area contributed by atoms with Crippen molar-refractivity contribution in [3.63, 3.8) is 0 Å². The Bertz CT molecular complexity index is 1060. The number of thiazole rings is 1. The van der Waals surface area contributed by atoms with Crippen molar-refractivity contribution in [2.75, 3.05) is 5.32 Å². The zero-order valence-electron chi connectivity index (χ0n) is 14.8. The Balaban J connectivity index is 1.48. The number of nitrogens with one attached hydrogen (secondary N) is 1. The lowest BCUT2D eigenvalue weighted by molar-refractivity contribution is -0.121. The van der Waals surface area contributed by atoms with E-state index in [0.717, 1.165) is 15.8 Å². The Hall–Kier alpha value is -2.38. The molecular weight excluding hydrogens is 378 g/mol. The van der Waals surface area contributed by atoms with Crippen molar-refractivity contribution in [2.45, 2.75) is 30.0 Å². The van der Waals surface area contributed by atoms with Crippen LogP contribution in [0.5, 0.6) is 0 Å². The van der Waals surface area contributed by atoms with E-state index in [9.17, 15) is 9.59 Å². The van der Waals surface area contributed by atoms with E-state index in [4.69, 9.17) is 0 Å². The van der Waals surface area contributed by atoms with Crippen molar-refractivity contribution in [3.8, 4) is 0 Å². The van der Waals surface area contributed by atoms with Crippen LogP contribution < -0.4 is 5.32 Å².